The predicted octanol–water partition coefficient (Wildman–Crippen LogP) is 5.27. The normalized spacial score (nSPS) is 14.0. The lowest BCUT2D eigenvalue weighted by Crippen LogP contribution is -1.88. The summed E-state index contributed by atoms with van der Waals surface area (Å²) in [5.41, 5.74) is 10.3. The Balaban J connectivity index is 1.37. The van der Waals surface area contributed by atoms with Gasteiger partial charge in [0.1, 0.15) is 0 Å². The van der Waals surface area contributed by atoms with Gasteiger partial charge >= 0.3 is 0 Å². The first-order valence-electron chi connectivity index (χ1n) is 9.63. The van der Waals surface area contributed by atoms with Gasteiger partial charge in [-0.2, -0.15) is 5.10 Å². The molecule has 0 spiro atoms. The SMILES string of the molecule is COc1ccc(-c2cc3c(s2)Cc2c(-c4ccc5c(c4)CCC5)n[nH]c2-3)cn1. The van der Waals surface area contributed by atoms with Crippen molar-refractivity contribution >= 4 is 11.3 Å². The van der Waals surface area contributed by atoms with Gasteiger partial charge in [-0.25, -0.2) is 4.98 Å². The Hall–Kier alpha value is -2.92. The first-order valence-corrected chi connectivity index (χ1v) is 10.4. The van der Waals surface area contributed by atoms with Gasteiger partial charge in [-0.3, -0.25) is 5.10 Å². The molecule has 3 heterocycles. The van der Waals surface area contributed by atoms with Crippen molar-refractivity contribution in [1.29, 1.82) is 0 Å². The molecule has 0 bridgehead atoms. The second kappa shape index (κ2) is 6.04. The van der Waals surface area contributed by atoms with Crippen LogP contribution < -0.4 is 4.74 Å². The van der Waals surface area contributed by atoms with Crippen LogP contribution in [0.3, 0.4) is 0 Å². The maximum atomic E-state index is 5.16. The number of thiophene rings is 1. The molecule has 1 aromatic carbocycles. The summed E-state index contributed by atoms with van der Waals surface area (Å²) in [4.78, 5) is 6.97. The molecule has 3 aromatic heterocycles. The quantitative estimate of drug-likeness (QED) is 0.460. The van der Waals surface area contributed by atoms with Crippen LogP contribution in [-0.2, 0) is 19.3 Å². The molecule has 28 heavy (non-hydrogen) atoms. The third kappa shape index (κ3) is 2.36. The number of ether oxygens (including phenoxy) is 1. The van der Waals surface area contributed by atoms with E-state index in [-0.39, 0.29) is 0 Å². The molecule has 4 nitrogen and oxygen atoms in total. The van der Waals surface area contributed by atoms with Crippen LogP contribution in [0.15, 0.2) is 42.6 Å². The van der Waals surface area contributed by atoms with Crippen molar-refractivity contribution in [2.24, 2.45) is 0 Å². The van der Waals surface area contributed by atoms with Crippen LogP contribution in [0.1, 0.15) is 28.0 Å². The van der Waals surface area contributed by atoms with Crippen LogP contribution in [0.25, 0.3) is 33.0 Å². The number of hydrogen-bond donors (Lipinski definition) is 1. The number of nitrogens with zero attached hydrogens (tertiary/aromatic N) is 2. The molecule has 0 amide bonds. The van der Waals surface area contributed by atoms with Gasteiger partial charge in [-0.05, 0) is 48.6 Å². The monoisotopic (exact) mass is 385 g/mol. The minimum absolute atomic E-state index is 0.641. The fraction of sp³-hybridized carbons (Fsp3) is 0.217. The summed E-state index contributed by atoms with van der Waals surface area (Å²) in [6, 6.07) is 13.1. The first kappa shape index (κ1) is 16.1. The number of aryl methyl sites for hydroxylation is 2. The third-order valence-corrected chi connectivity index (χ3v) is 7.07. The highest BCUT2D eigenvalue weighted by molar-refractivity contribution is 7.16. The van der Waals surface area contributed by atoms with Crippen molar-refractivity contribution in [3.63, 3.8) is 0 Å². The van der Waals surface area contributed by atoms with E-state index in [4.69, 9.17) is 4.74 Å². The fourth-order valence-electron chi connectivity index (χ4n) is 4.44. The Kier molecular flexibility index (Phi) is 3.47. The summed E-state index contributed by atoms with van der Waals surface area (Å²) in [6.45, 7) is 0. The van der Waals surface area contributed by atoms with Crippen LogP contribution in [0.5, 0.6) is 5.88 Å². The van der Waals surface area contributed by atoms with E-state index < -0.39 is 0 Å². The van der Waals surface area contributed by atoms with Crippen molar-refractivity contribution in [3.8, 4) is 38.8 Å². The van der Waals surface area contributed by atoms with Crippen molar-refractivity contribution in [2.45, 2.75) is 25.7 Å². The maximum absolute atomic E-state index is 5.16. The van der Waals surface area contributed by atoms with Gasteiger partial charge in [-0.15, -0.1) is 11.3 Å². The number of pyridine rings is 1. The number of aromatic nitrogens is 3. The van der Waals surface area contributed by atoms with Gasteiger partial charge in [0.15, 0.2) is 0 Å². The molecule has 1 N–H and O–H groups in total. The summed E-state index contributed by atoms with van der Waals surface area (Å²) in [5.74, 6) is 0.641. The molecule has 2 aliphatic carbocycles. The lowest BCUT2D eigenvalue weighted by Gasteiger charge is -2.04. The molecule has 0 aliphatic heterocycles. The second-order valence-corrected chi connectivity index (χ2v) is 8.61. The van der Waals surface area contributed by atoms with Crippen LogP contribution in [-0.4, -0.2) is 22.3 Å². The fourth-order valence-corrected chi connectivity index (χ4v) is 5.61. The predicted molar refractivity (Wildman–Crippen MR) is 112 cm³/mol. The average Bonchev–Trinajstić information content (AvgIpc) is 3.48. The van der Waals surface area contributed by atoms with E-state index in [1.165, 1.54) is 62.5 Å². The number of H-pyrrole nitrogens is 1. The van der Waals surface area contributed by atoms with Crippen LogP contribution in [0.2, 0.25) is 0 Å². The third-order valence-electron chi connectivity index (χ3n) is 5.88. The number of methoxy groups -OCH3 is 1. The molecule has 4 aromatic rings. The molecule has 0 saturated heterocycles. The highest BCUT2D eigenvalue weighted by Crippen LogP contribution is 2.46. The molecule has 0 radical (unpaired) electrons. The molecule has 2 aliphatic rings. The standard InChI is InChI=1S/C23H19N3OS/c1-27-21-8-7-16(12-24-21)19-10-17-20(28-19)11-18-22(25-26-23(17)18)15-6-5-13-3-2-4-14(13)9-15/h5-10,12H,2-4,11H2,1H3,(H,25,26). The number of fused-ring (bicyclic) bond motifs is 4. The van der Waals surface area contributed by atoms with Crippen molar-refractivity contribution in [1.82, 2.24) is 15.2 Å². The molecule has 6 rings (SSSR count). The summed E-state index contributed by atoms with van der Waals surface area (Å²) in [7, 11) is 1.64. The minimum atomic E-state index is 0.641. The van der Waals surface area contributed by atoms with E-state index in [1.807, 2.05) is 23.6 Å². The van der Waals surface area contributed by atoms with Gasteiger partial charge in [-0.1, -0.05) is 12.1 Å². The minimum Gasteiger partial charge on any atom is -0.481 e. The van der Waals surface area contributed by atoms with E-state index >= 15 is 0 Å². The topological polar surface area (TPSA) is 50.8 Å². The van der Waals surface area contributed by atoms with Gasteiger partial charge in [0.25, 0.3) is 0 Å². The number of hydrogen-bond acceptors (Lipinski definition) is 4. The van der Waals surface area contributed by atoms with Gasteiger partial charge in [0, 0.05) is 50.7 Å². The smallest absolute Gasteiger partial charge is 0.212 e. The molecule has 0 unspecified atom stereocenters. The average molecular weight is 385 g/mol. The van der Waals surface area contributed by atoms with Crippen LogP contribution in [0.4, 0.5) is 0 Å². The van der Waals surface area contributed by atoms with Crippen LogP contribution >= 0.6 is 11.3 Å². The molecule has 0 atom stereocenters. The lowest BCUT2D eigenvalue weighted by molar-refractivity contribution is 0.398. The van der Waals surface area contributed by atoms with Crippen LogP contribution in [0, 0.1) is 0 Å². The molecule has 0 saturated carbocycles. The van der Waals surface area contributed by atoms with Crippen molar-refractivity contribution in [2.75, 3.05) is 7.11 Å². The summed E-state index contributed by atoms with van der Waals surface area (Å²) in [5, 5.41) is 8.00. The Morgan fingerprint density at radius 1 is 1.04 bits per heavy atom. The highest BCUT2D eigenvalue weighted by Gasteiger charge is 2.28. The molecular formula is C23H19N3OS. The summed E-state index contributed by atoms with van der Waals surface area (Å²) < 4.78 is 5.16. The molecule has 5 heteroatoms. The zero-order valence-corrected chi connectivity index (χ0v) is 16.4. The van der Waals surface area contributed by atoms with E-state index in [1.54, 1.807) is 7.11 Å². The summed E-state index contributed by atoms with van der Waals surface area (Å²) >= 11 is 1.85. The van der Waals surface area contributed by atoms with Gasteiger partial charge < -0.3 is 4.74 Å². The van der Waals surface area contributed by atoms with E-state index in [9.17, 15) is 0 Å². The van der Waals surface area contributed by atoms with E-state index in [0.29, 0.717) is 5.88 Å². The summed E-state index contributed by atoms with van der Waals surface area (Å²) in [6.07, 6.45) is 6.51. The Morgan fingerprint density at radius 3 is 2.79 bits per heavy atom. The second-order valence-electron chi connectivity index (χ2n) is 7.48. The molecule has 138 valence electrons. The molecule has 0 fully saturated rings. The first-order chi connectivity index (χ1) is 13.8. The maximum Gasteiger partial charge on any atom is 0.212 e. The van der Waals surface area contributed by atoms with E-state index in [0.717, 1.165) is 17.7 Å². The Labute approximate surface area is 167 Å². The number of nitrogens with one attached hydrogen (secondary N) is 1. The van der Waals surface area contributed by atoms with Gasteiger partial charge in [0.2, 0.25) is 5.88 Å². The highest BCUT2D eigenvalue weighted by atomic mass is 32.1. The van der Waals surface area contributed by atoms with E-state index in [2.05, 4.69) is 45.5 Å². The van der Waals surface area contributed by atoms with Crippen molar-refractivity contribution in [3.05, 3.63) is 64.2 Å². The zero-order valence-electron chi connectivity index (χ0n) is 15.6. The molecular weight excluding hydrogens is 366 g/mol. The Bertz CT molecular complexity index is 1200. The number of benzene rings is 1. The lowest BCUT2D eigenvalue weighted by atomic mass is 10.0. The van der Waals surface area contributed by atoms with Crippen molar-refractivity contribution < 1.29 is 4.74 Å². The number of aromatic amines is 1. The Morgan fingerprint density at radius 2 is 1.93 bits per heavy atom. The zero-order chi connectivity index (χ0) is 18.7. The van der Waals surface area contributed by atoms with Gasteiger partial charge in [0.05, 0.1) is 18.5 Å². The number of rotatable bonds is 3. The largest absolute Gasteiger partial charge is 0.481 e.